The first-order valence-electron chi connectivity index (χ1n) is 16.5. The lowest BCUT2D eigenvalue weighted by atomic mass is 9.56. The highest BCUT2D eigenvalue weighted by atomic mass is 16.7. The van der Waals surface area contributed by atoms with Gasteiger partial charge in [0.05, 0.1) is 43.6 Å². The number of aromatic hydroxyl groups is 2. The van der Waals surface area contributed by atoms with Crippen LogP contribution in [0.25, 0.3) is 0 Å². The van der Waals surface area contributed by atoms with Crippen LogP contribution in [0.4, 0.5) is 4.79 Å². The van der Waals surface area contributed by atoms with Crippen molar-refractivity contribution < 1.29 is 82.4 Å². The number of aryl methyl sites for hydroxylation is 1. The number of esters is 1. The van der Waals surface area contributed by atoms with Crippen LogP contribution in [0.3, 0.4) is 0 Å². The quantitative estimate of drug-likeness (QED) is 0.299. The Balaban J connectivity index is 1.58. The van der Waals surface area contributed by atoms with Crippen LogP contribution in [-0.2, 0) is 45.2 Å². The summed E-state index contributed by atoms with van der Waals surface area (Å²) < 4.78 is 37.0. The summed E-state index contributed by atoms with van der Waals surface area (Å²) in [6.45, 7) is 3.01. The number of fused-ring (bicyclic) bond motifs is 5. The van der Waals surface area contributed by atoms with E-state index in [0.29, 0.717) is 0 Å². The minimum Gasteiger partial charge on any atom is -0.507 e. The normalized spacial score (nSPS) is 30.9. The number of rotatable bonds is 6. The number of carbonyl (C=O) groups excluding carboxylic acids is 6. The molecule has 0 radical (unpaired) electrons. The number of ketones is 4. The number of carbonyl (C=O) groups is 6. The van der Waals surface area contributed by atoms with Crippen LogP contribution in [-0.4, -0.2) is 139 Å². The third-order valence-electron chi connectivity index (χ3n) is 10.6. The number of phenols is 2. The molecule has 0 amide bonds. The van der Waals surface area contributed by atoms with Gasteiger partial charge < -0.3 is 53.6 Å². The van der Waals surface area contributed by atoms with Crippen molar-refractivity contribution in [2.75, 3.05) is 35.5 Å². The van der Waals surface area contributed by atoms with E-state index in [-0.39, 0.29) is 11.1 Å². The number of hydrogen-bond donors (Lipinski definition) is 4. The summed E-state index contributed by atoms with van der Waals surface area (Å²) in [5, 5.41) is 46.8. The van der Waals surface area contributed by atoms with Gasteiger partial charge in [0.15, 0.2) is 17.6 Å². The Morgan fingerprint density at radius 3 is 2.17 bits per heavy atom. The van der Waals surface area contributed by atoms with E-state index in [1.165, 1.54) is 27.2 Å². The van der Waals surface area contributed by atoms with Gasteiger partial charge in [-0.25, -0.2) is 9.59 Å². The molecule has 2 aromatic carbocycles. The van der Waals surface area contributed by atoms with Crippen LogP contribution in [0.15, 0.2) is 17.1 Å². The second kappa shape index (κ2) is 13.6. The van der Waals surface area contributed by atoms with Gasteiger partial charge in [-0.3, -0.25) is 24.2 Å². The van der Waals surface area contributed by atoms with Gasteiger partial charge in [0, 0.05) is 44.4 Å². The van der Waals surface area contributed by atoms with E-state index in [1.807, 2.05) is 0 Å². The average molecular weight is 756 g/mol. The highest BCUT2D eigenvalue weighted by molar-refractivity contribution is 6.53. The molecular formula is C36H37NO17. The molecule has 18 heteroatoms. The molecule has 4 aliphatic rings. The molecule has 6 rings (SSSR count). The molecule has 0 unspecified atom stereocenters. The Kier molecular flexibility index (Phi) is 9.75. The van der Waals surface area contributed by atoms with E-state index in [1.54, 1.807) is 6.92 Å². The summed E-state index contributed by atoms with van der Waals surface area (Å²) in [7, 11) is 5.51. The second-order valence-corrected chi connectivity index (χ2v) is 13.2. The SMILES string of the molecule is COC(=O)O[C@@H]1Cc2cc(C)c(C(=O)OC)c(O)c2[C@]2(O)C(=O)c3cc4c(c(O)c3C(=O)[C@]12OC)C(=O)CC(=N[C@H]1O[C@@H](C)[C@H](OC)[C@@H](O)[C@H]1OC)C4=O. The smallest absolute Gasteiger partial charge is 0.507 e. The number of Topliss-reactive ketones (excluding diaryl/α,β-unsaturated/α-hetero) is 4. The molecular weight excluding hydrogens is 718 g/mol. The summed E-state index contributed by atoms with van der Waals surface area (Å²) in [5.74, 6) is -7.85. The van der Waals surface area contributed by atoms with Crippen LogP contribution < -0.4 is 0 Å². The highest BCUT2D eigenvalue weighted by Gasteiger charge is 2.74. The fraction of sp³-hybridized carbons (Fsp3) is 0.472. The van der Waals surface area contributed by atoms with Crippen molar-refractivity contribution in [2.45, 2.75) is 74.6 Å². The Bertz CT molecular complexity index is 2060. The lowest BCUT2D eigenvalue weighted by Gasteiger charge is -2.53. The highest BCUT2D eigenvalue weighted by Crippen LogP contribution is 2.57. The summed E-state index contributed by atoms with van der Waals surface area (Å²) in [6.07, 6.45) is -9.72. The van der Waals surface area contributed by atoms with Gasteiger partial charge >= 0.3 is 12.1 Å². The molecule has 8 atom stereocenters. The number of aliphatic hydroxyl groups is 2. The summed E-state index contributed by atoms with van der Waals surface area (Å²) in [4.78, 5) is 87.1. The van der Waals surface area contributed by atoms with Crippen molar-refractivity contribution in [3.05, 3.63) is 56.6 Å². The Labute approximate surface area is 306 Å². The van der Waals surface area contributed by atoms with Crippen LogP contribution in [0, 0.1) is 6.92 Å². The number of phenolic OH excluding ortho intramolecular Hbond substituents is 2. The number of hydrogen-bond acceptors (Lipinski definition) is 18. The first-order valence-corrected chi connectivity index (χ1v) is 16.5. The molecule has 0 spiro atoms. The van der Waals surface area contributed by atoms with Gasteiger partial charge in [0.25, 0.3) is 0 Å². The Hall–Kier alpha value is -5.11. The third-order valence-corrected chi connectivity index (χ3v) is 10.6. The molecule has 18 nitrogen and oxygen atoms in total. The number of aliphatic hydroxyl groups excluding tert-OH is 1. The molecule has 1 fully saturated rings. The molecule has 288 valence electrons. The summed E-state index contributed by atoms with van der Waals surface area (Å²) in [5.41, 5.74) is -10.7. The molecule has 54 heavy (non-hydrogen) atoms. The van der Waals surface area contributed by atoms with Crippen LogP contribution in [0.2, 0.25) is 0 Å². The van der Waals surface area contributed by atoms with Gasteiger partial charge in [0.1, 0.15) is 41.5 Å². The fourth-order valence-electron chi connectivity index (χ4n) is 8.16. The third kappa shape index (κ3) is 5.12. The molecule has 0 bridgehead atoms. The number of benzene rings is 2. The topological polar surface area (TPSA) is 260 Å². The van der Waals surface area contributed by atoms with E-state index in [0.717, 1.165) is 27.4 Å². The Morgan fingerprint density at radius 1 is 0.907 bits per heavy atom. The monoisotopic (exact) mass is 755 g/mol. The lowest BCUT2D eigenvalue weighted by molar-refractivity contribution is -0.228. The number of ether oxygens (including phenoxy) is 7. The predicted octanol–water partition coefficient (Wildman–Crippen LogP) is 0.898. The maximum absolute atomic E-state index is 14.9. The van der Waals surface area contributed by atoms with E-state index >= 15 is 0 Å². The maximum atomic E-state index is 14.9. The molecule has 4 N–H and O–H groups in total. The van der Waals surface area contributed by atoms with Crippen molar-refractivity contribution in [2.24, 2.45) is 4.99 Å². The molecule has 0 saturated carbocycles. The second-order valence-electron chi connectivity index (χ2n) is 13.2. The van der Waals surface area contributed by atoms with E-state index < -0.39 is 147 Å². The van der Waals surface area contributed by atoms with Gasteiger partial charge in [-0.2, -0.15) is 0 Å². The summed E-state index contributed by atoms with van der Waals surface area (Å²) in [6, 6.07) is 2.13. The van der Waals surface area contributed by atoms with Crippen molar-refractivity contribution >= 4 is 41.0 Å². The van der Waals surface area contributed by atoms with Gasteiger partial charge in [-0.05, 0) is 31.0 Å². The van der Waals surface area contributed by atoms with E-state index in [4.69, 9.17) is 28.4 Å². The van der Waals surface area contributed by atoms with Crippen molar-refractivity contribution in [1.29, 1.82) is 0 Å². The number of aliphatic imine (C=N–C) groups is 1. The van der Waals surface area contributed by atoms with Gasteiger partial charge in [0.2, 0.25) is 23.0 Å². The molecule has 1 saturated heterocycles. The minimum absolute atomic E-state index is 0.0542. The zero-order valence-corrected chi connectivity index (χ0v) is 30.1. The van der Waals surface area contributed by atoms with Gasteiger partial charge in [-0.1, -0.05) is 6.07 Å². The van der Waals surface area contributed by atoms with Crippen LogP contribution >= 0.6 is 0 Å². The zero-order valence-electron chi connectivity index (χ0n) is 30.1. The lowest BCUT2D eigenvalue weighted by Crippen LogP contribution is -2.73. The first-order chi connectivity index (χ1) is 25.5. The maximum Gasteiger partial charge on any atom is 0.508 e. The van der Waals surface area contributed by atoms with Crippen LogP contribution in [0.1, 0.15) is 81.8 Å². The zero-order chi connectivity index (χ0) is 39.8. The fourth-order valence-corrected chi connectivity index (χ4v) is 8.16. The number of nitrogens with zero attached hydrogens (tertiary/aromatic N) is 1. The van der Waals surface area contributed by atoms with Crippen LogP contribution in [0.5, 0.6) is 11.5 Å². The van der Waals surface area contributed by atoms with Gasteiger partial charge in [-0.15, -0.1) is 0 Å². The standard InChI is InChI=1S/C36H37NO17/c1-12-8-14-9-19(54-34(46)51-6)36(52-7)31(44)22-16(30(43)35(36,47)23(14)26(41)20(12)33(45)50-5)10-15-21(25(22)40)18(38)11-17(24(15)39)37-32-29(49-4)27(42)28(48-3)13(2)53-32/h8,10,13,19,27-29,32,40-42,47H,9,11H2,1-7H3/t13-,19+,27+,28-,29+,32-,35-,36+/m0/s1. The Morgan fingerprint density at radius 2 is 1.57 bits per heavy atom. The van der Waals surface area contributed by atoms with E-state index in [9.17, 15) is 49.2 Å². The first kappa shape index (κ1) is 38.6. The van der Waals surface area contributed by atoms with E-state index in [2.05, 4.69) is 9.73 Å². The predicted molar refractivity (Wildman–Crippen MR) is 178 cm³/mol. The van der Waals surface area contributed by atoms with Crippen molar-refractivity contribution in [3.63, 3.8) is 0 Å². The number of methoxy groups -OCH3 is 5. The summed E-state index contributed by atoms with van der Waals surface area (Å²) >= 11 is 0. The van der Waals surface area contributed by atoms with Crippen molar-refractivity contribution in [3.8, 4) is 11.5 Å². The molecule has 1 aliphatic heterocycles. The largest absolute Gasteiger partial charge is 0.508 e. The molecule has 0 aromatic heterocycles. The molecule has 3 aliphatic carbocycles. The van der Waals surface area contributed by atoms with Crippen molar-refractivity contribution in [1.82, 2.24) is 0 Å². The molecule has 2 aromatic rings. The minimum atomic E-state index is -3.33. The average Bonchev–Trinajstić information content (AvgIpc) is 3.12. The molecule has 1 heterocycles.